The van der Waals surface area contributed by atoms with Gasteiger partial charge in [0.25, 0.3) is 5.91 Å². The fraction of sp³-hybridized carbons (Fsp3) is 0.500. The van der Waals surface area contributed by atoms with Crippen molar-refractivity contribution in [2.45, 2.75) is 52.6 Å². The molecule has 1 saturated heterocycles. The standard InChI is InChI=1S/C16H22N2O2/c1-5-12(4)18-15(19)9-14(16(18)20)17-13-7-6-10(2)8-11(13)3/h6-8,12,14,17H,5,9H2,1-4H3. The Morgan fingerprint density at radius 1 is 1.35 bits per heavy atom. The lowest BCUT2D eigenvalue weighted by Crippen LogP contribution is -2.40. The molecule has 1 aliphatic rings. The van der Waals surface area contributed by atoms with Gasteiger partial charge in [-0.1, -0.05) is 24.6 Å². The van der Waals surface area contributed by atoms with Crippen molar-refractivity contribution in [2.75, 3.05) is 5.32 Å². The van der Waals surface area contributed by atoms with E-state index < -0.39 is 6.04 Å². The van der Waals surface area contributed by atoms with E-state index in [0.717, 1.165) is 17.7 Å². The fourth-order valence-corrected chi connectivity index (χ4v) is 2.57. The minimum atomic E-state index is -0.432. The first-order valence-corrected chi connectivity index (χ1v) is 7.13. The molecule has 2 rings (SSSR count). The number of anilines is 1. The molecule has 0 bridgehead atoms. The molecule has 108 valence electrons. The van der Waals surface area contributed by atoms with E-state index in [1.54, 1.807) is 0 Å². The van der Waals surface area contributed by atoms with Crippen LogP contribution in [-0.4, -0.2) is 28.8 Å². The molecule has 1 heterocycles. The van der Waals surface area contributed by atoms with Crippen molar-refractivity contribution >= 4 is 17.5 Å². The molecular formula is C16H22N2O2. The van der Waals surface area contributed by atoms with Gasteiger partial charge in [-0.2, -0.15) is 0 Å². The summed E-state index contributed by atoms with van der Waals surface area (Å²) in [5, 5.41) is 3.21. The lowest BCUT2D eigenvalue weighted by Gasteiger charge is -2.22. The number of aryl methyl sites for hydroxylation is 2. The van der Waals surface area contributed by atoms with Gasteiger partial charge in [0.1, 0.15) is 6.04 Å². The molecule has 0 aliphatic carbocycles. The monoisotopic (exact) mass is 274 g/mol. The molecular weight excluding hydrogens is 252 g/mol. The average Bonchev–Trinajstić information content (AvgIpc) is 2.67. The lowest BCUT2D eigenvalue weighted by molar-refractivity contribution is -0.140. The van der Waals surface area contributed by atoms with Crippen LogP contribution in [0.25, 0.3) is 0 Å². The molecule has 2 unspecified atom stereocenters. The summed E-state index contributed by atoms with van der Waals surface area (Å²) in [6, 6.07) is 5.58. The van der Waals surface area contributed by atoms with Gasteiger partial charge in [0, 0.05) is 11.7 Å². The highest BCUT2D eigenvalue weighted by atomic mass is 16.2. The van der Waals surface area contributed by atoms with Crippen LogP contribution in [0, 0.1) is 13.8 Å². The molecule has 20 heavy (non-hydrogen) atoms. The number of carbonyl (C=O) groups is 2. The fourth-order valence-electron chi connectivity index (χ4n) is 2.57. The molecule has 1 aliphatic heterocycles. The maximum absolute atomic E-state index is 12.3. The first-order chi connectivity index (χ1) is 9.43. The van der Waals surface area contributed by atoms with Crippen molar-refractivity contribution in [3.05, 3.63) is 29.3 Å². The van der Waals surface area contributed by atoms with Crippen LogP contribution in [0.15, 0.2) is 18.2 Å². The number of imide groups is 1. The molecule has 1 aromatic rings. The summed E-state index contributed by atoms with van der Waals surface area (Å²) in [6.07, 6.45) is 1.03. The normalized spacial score (nSPS) is 20.4. The molecule has 1 aromatic carbocycles. The third-order valence-corrected chi connectivity index (χ3v) is 3.93. The Labute approximate surface area is 120 Å². The topological polar surface area (TPSA) is 49.4 Å². The summed E-state index contributed by atoms with van der Waals surface area (Å²) >= 11 is 0. The first-order valence-electron chi connectivity index (χ1n) is 7.13. The first kappa shape index (κ1) is 14.6. The van der Waals surface area contributed by atoms with E-state index in [4.69, 9.17) is 0 Å². The number of nitrogens with one attached hydrogen (secondary N) is 1. The third kappa shape index (κ3) is 2.69. The second-order valence-corrected chi connectivity index (χ2v) is 5.58. The van der Waals surface area contributed by atoms with Gasteiger partial charge in [-0.25, -0.2) is 0 Å². The second kappa shape index (κ2) is 5.65. The highest BCUT2D eigenvalue weighted by Crippen LogP contribution is 2.23. The molecule has 1 fully saturated rings. The maximum Gasteiger partial charge on any atom is 0.252 e. The largest absolute Gasteiger partial charge is 0.373 e. The molecule has 4 heteroatoms. The van der Waals surface area contributed by atoms with Crippen LogP contribution < -0.4 is 5.32 Å². The van der Waals surface area contributed by atoms with Gasteiger partial charge in [0.2, 0.25) is 5.91 Å². The number of likely N-dealkylation sites (tertiary alicyclic amines) is 1. The van der Waals surface area contributed by atoms with Crippen LogP contribution in [0.4, 0.5) is 5.69 Å². The molecule has 1 N–H and O–H groups in total. The number of hydrogen-bond acceptors (Lipinski definition) is 3. The van der Waals surface area contributed by atoms with Crippen LogP contribution in [0.1, 0.15) is 37.8 Å². The van der Waals surface area contributed by atoms with Gasteiger partial charge in [-0.15, -0.1) is 0 Å². The predicted octanol–water partition coefficient (Wildman–Crippen LogP) is 2.64. The number of carbonyl (C=O) groups excluding carboxylic acids is 2. The summed E-state index contributed by atoms with van der Waals surface area (Å²) < 4.78 is 0. The average molecular weight is 274 g/mol. The van der Waals surface area contributed by atoms with E-state index in [1.807, 2.05) is 39.8 Å². The Morgan fingerprint density at radius 3 is 2.65 bits per heavy atom. The smallest absolute Gasteiger partial charge is 0.252 e. The Bertz CT molecular complexity index is 539. The molecule has 0 spiro atoms. The number of amides is 2. The second-order valence-electron chi connectivity index (χ2n) is 5.58. The van der Waals surface area contributed by atoms with Gasteiger partial charge in [0.05, 0.1) is 6.42 Å². The Balaban J connectivity index is 2.15. The Kier molecular flexibility index (Phi) is 4.12. The van der Waals surface area contributed by atoms with Crippen molar-refractivity contribution in [1.82, 2.24) is 4.90 Å². The summed E-state index contributed by atoms with van der Waals surface area (Å²) in [7, 11) is 0. The molecule has 4 nitrogen and oxygen atoms in total. The highest BCUT2D eigenvalue weighted by molar-refractivity contribution is 6.07. The van der Waals surface area contributed by atoms with Crippen molar-refractivity contribution in [3.63, 3.8) is 0 Å². The van der Waals surface area contributed by atoms with Gasteiger partial charge < -0.3 is 5.32 Å². The van der Waals surface area contributed by atoms with Crippen molar-refractivity contribution < 1.29 is 9.59 Å². The van der Waals surface area contributed by atoms with E-state index in [2.05, 4.69) is 11.4 Å². The zero-order valence-corrected chi connectivity index (χ0v) is 12.6. The lowest BCUT2D eigenvalue weighted by atomic mass is 10.1. The number of benzene rings is 1. The van der Waals surface area contributed by atoms with Crippen molar-refractivity contribution in [2.24, 2.45) is 0 Å². The Hall–Kier alpha value is -1.84. The third-order valence-electron chi connectivity index (χ3n) is 3.93. The van der Waals surface area contributed by atoms with E-state index in [-0.39, 0.29) is 24.3 Å². The van der Waals surface area contributed by atoms with Crippen LogP contribution in [0.3, 0.4) is 0 Å². The zero-order chi connectivity index (χ0) is 14.9. The molecule has 0 radical (unpaired) electrons. The van der Waals surface area contributed by atoms with Crippen LogP contribution >= 0.6 is 0 Å². The molecule has 0 aromatic heterocycles. The molecule has 0 saturated carbocycles. The Morgan fingerprint density at radius 2 is 2.05 bits per heavy atom. The van der Waals surface area contributed by atoms with Crippen LogP contribution in [0.5, 0.6) is 0 Å². The highest BCUT2D eigenvalue weighted by Gasteiger charge is 2.40. The zero-order valence-electron chi connectivity index (χ0n) is 12.6. The quantitative estimate of drug-likeness (QED) is 0.859. The summed E-state index contributed by atoms with van der Waals surface area (Å²) in [5.74, 6) is -0.184. The van der Waals surface area contributed by atoms with Crippen molar-refractivity contribution in [3.8, 4) is 0 Å². The van der Waals surface area contributed by atoms with Crippen molar-refractivity contribution in [1.29, 1.82) is 0 Å². The SMILES string of the molecule is CCC(C)N1C(=O)CC(Nc2ccc(C)cc2C)C1=O. The van der Waals surface area contributed by atoms with Gasteiger partial charge in [0.15, 0.2) is 0 Å². The van der Waals surface area contributed by atoms with Crippen LogP contribution in [0.2, 0.25) is 0 Å². The maximum atomic E-state index is 12.3. The molecule has 2 amide bonds. The molecule has 2 atom stereocenters. The van der Waals surface area contributed by atoms with Gasteiger partial charge in [-0.3, -0.25) is 14.5 Å². The van der Waals surface area contributed by atoms with E-state index in [1.165, 1.54) is 10.5 Å². The number of rotatable bonds is 4. The van der Waals surface area contributed by atoms with E-state index in [9.17, 15) is 9.59 Å². The minimum Gasteiger partial charge on any atom is -0.373 e. The summed E-state index contributed by atoms with van der Waals surface area (Å²) in [6.45, 7) is 7.93. The van der Waals surface area contributed by atoms with Crippen LogP contribution in [-0.2, 0) is 9.59 Å². The predicted molar refractivity (Wildman–Crippen MR) is 79.5 cm³/mol. The minimum absolute atomic E-state index is 0.0269. The van der Waals surface area contributed by atoms with E-state index in [0.29, 0.717) is 0 Å². The number of hydrogen-bond donors (Lipinski definition) is 1. The summed E-state index contributed by atoms with van der Waals surface area (Å²) in [4.78, 5) is 25.7. The van der Waals surface area contributed by atoms with Gasteiger partial charge >= 0.3 is 0 Å². The van der Waals surface area contributed by atoms with Gasteiger partial charge in [-0.05, 0) is 38.8 Å². The van der Waals surface area contributed by atoms with E-state index >= 15 is 0 Å². The summed E-state index contributed by atoms with van der Waals surface area (Å²) in [5.41, 5.74) is 3.20. The number of nitrogens with zero attached hydrogens (tertiary/aromatic N) is 1.